The summed E-state index contributed by atoms with van der Waals surface area (Å²) in [5.74, 6) is 0.146. The third-order valence-electron chi connectivity index (χ3n) is 2.22. The van der Waals surface area contributed by atoms with E-state index in [0.717, 1.165) is 18.4 Å². The average Bonchev–Trinajstić information content (AvgIpc) is 2.19. The van der Waals surface area contributed by atoms with Gasteiger partial charge in [-0.15, -0.1) is 0 Å². The van der Waals surface area contributed by atoms with Crippen molar-refractivity contribution in [2.24, 2.45) is 0 Å². The Hall–Kier alpha value is -0.820. The van der Waals surface area contributed by atoms with Crippen molar-refractivity contribution in [3.8, 4) is 0 Å². The van der Waals surface area contributed by atoms with E-state index in [9.17, 15) is 4.79 Å². The second-order valence-corrected chi connectivity index (χ2v) is 3.75. The number of hydrogen-bond donors (Lipinski definition) is 0. The predicted octanol–water partition coefficient (Wildman–Crippen LogP) is 3.89. The summed E-state index contributed by atoms with van der Waals surface area (Å²) in [5, 5.41) is 0.570. The third-order valence-corrected chi connectivity index (χ3v) is 2.55. The number of hydrogen-bond acceptors (Lipinski definition) is 1. The highest BCUT2D eigenvalue weighted by atomic mass is 35.5. The number of aryl methyl sites for hydroxylation is 1. The topological polar surface area (TPSA) is 17.1 Å². The van der Waals surface area contributed by atoms with Crippen LogP contribution >= 0.6 is 11.6 Å². The number of carbonyl (C=O) groups excluding carboxylic acids is 1. The zero-order valence-electron chi connectivity index (χ0n) is 8.64. The largest absolute Gasteiger partial charge is 0.294 e. The van der Waals surface area contributed by atoms with Crippen molar-refractivity contribution in [2.45, 2.75) is 33.1 Å². The molecule has 0 saturated carbocycles. The van der Waals surface area contributed by atoms with Gasteiger partial charge in [-0.25, -0.2) is 0 Å². The molecule has 0 aliphatic rings. The van der Waals surface area contributed by atoms with Gasteiger partial charge in [-0.3, -0.25) is 4.79 Å². The van der Waals surface area contributed by atoms with E-state index in [-0.39, 0.29) is 5.78 Å². The molecule has 76 valence electrons. The monoisotopic (exact) mass is 210 g/mol. The van der Waals surface area contributed by atoms with Crippen molar-refractivity contribution in [1.29, 1.82) is 0 Å². The standard InChI is InChI=1S/C12H15ClO/c1-3-5-12(14)10-8-9(4-2)6-7-11(10)13/h6-8H,3-5H2,1-2H3. The maximum absolute atomic E-state index is 11.6. The van der Waals surface area contributed by atoms with Crippen LogP contribution in [0.15, 0.2) is 18.2 Å². The van der Waals surface area contributed by atoms with Gasteiger partial charge in [0, 0.05) is 12.0 Å². The first-order valence-corrected chi connectivity index (χ1v) is 5.38. The van der Waals surface area contributed by atoms with E-state index in [0.29, 0.717) is 17.0 Å². The SMILES string of the molecule is CCCC(=O)c1cc(CC)ccc1Cl. The van der Waals surface area contributed by atoms with Gasteiger partial charge in [-0.05, 0) is 30.5 Å². The van der Waals surface area contributed by atoms with Crippen molar-refractivity contribution >= 4 is 17.4 Å². The minimum absolute atomic E-state index is 0.146. The lowest BCUT2D eigenvalue weighted by Crippen LogP contribution is -2.00. The predicted molar refractivity (Wildman–Crippen MR) is 60.1 cm³/mol. The summed E-state index contributed by atoms with van der Waals surface area (Å²) in [4.78, 5) is 11.6. The minimum Gasteiger partial charge on any atom is -0.294 e. The first-order valence-electron chi connectivity index (χ1n) is 5.00. The molecule has 0 saturated heterocycles. The Morgan fingerprint density at radius 2 is 2.07 bits per heavy atom. The van der Waals surface area contributed by atoms with Gasteiger partial charge in [0.25, 0.3) is 0 Å². The molecule has 0 unspecified atom stereocenters. The third kappa shape index (κ3) is 2.58. The fourth-order valence-corrected chi connectivity index (χ4v) is 1.59. The summed E-state index contributed by atoms with van der Waals surface area (Å²) < 4.78 is 0. The first kappa shape index (κ1) is 11.3. The first-order chi connectivity index (χ1) is 6.69. The maximum Gasteiger partial charge on any atom is 0.164 e. The van der Waals surface area contributed by atoms with Crippen molar-refractivity contribution in [3.05, 3.63) is 34.3 Å². The van der Waals surface area contributed by atoms with E-state index in [1.807, 2.05) is 25.1 Å². The number of Topliss-reactive ketones (excluding diaryl/α,β-unsaturated/α-hetero) is 1. The highest BCUT2D eigenvalue weighted by Crippen LogP contribution is 2.20. The van der Waals surface area contributed by atoms with Crippen molar-refractivity contribution in [3.63, 3.8) is 0 Å². The van der Waals surface area contributed by atoms with Gasteiger partial charge < -0.3 is 0 Å². The smallest absolute Gasteiger partial charge is 0.164 e. The second kappa shape index (κ2) is 5.16. The maximum atomic E-state index is 11.6. The zero-order chi connectivity index (χ0) is 10.6. The molecular formula is C12H15ClO. The lowest BCUT2D eigenvalue weighted by molar-refractivity contribution is 0.0982. The Labute approximate surface area is 90.1 Å². The lowest BCUT2D eigenvalue weighted by Gasteiger charge is -2.04. The molecule has 0 heterocycles. The Bertz CT molecular complexity index is 331. The van der Waals surface area contributed by atoms with Gasteiger partial charge in [0.15, 0.2) is 5.78 Å². The number of ketones is 1. The van der Waals surface area contributed by atoms with E-state index in [2.05, 4.69) is 6.92 Å². The minimum atomic E-state index is 0.146. The molecule has 0 aliphatic heterocycles. The van der Waals surface area contributed by atoms with Gasteiger partial charge in [-0.1, -0.05) is 31.5 Å². The summed E-state index contributed by atoms with van der Waals surface area (Å²) in [6.45, 7) is 4.06. The summed E-state index contributed by atoms with van der Waals surface area (Å²) in [5.41, 5.74) is 1.83. The molecule has 0 fully saturated rings. The van der Waals surface area contributed by atoms with Crippen LogP contribution in [-0.2, 0) is 6.42 Å². The van der Waals surface area contributed by atoms with Gasteiger partial charge in [0.1, 0.15) is 0 Å². The van der Waals surface area contributed by atoms with E-state index < -0.39 is 0 Å². The molecule has 1 aromatic carbocycles. The molecule has 0 aromatic heterocycles. The van der Waals surface area contributed by atoms with Crippen LogP contribution in [0.4, 0.5) is 0 Å². The molecule has 0 radical (unpaired) electrons. The van der Waals surface area contributed by atoms with Crippen molar-refractivity contribution in [2.75, 3.05) is 0 Å². The summed E-state index contributed by atoms with van der Waals surface area (Å²) >= 11 is 5.96. The van der Waals surface area contributed by atoms with Crippen molar-refractivity contribution < 1.29 is 4.79 Å². The van der Waals surface area contributed by atoms with Crippen LogP contribution in [0.5, 0.6) is 0 Å². The molecule has 0 amide bonds. The summed E-state index contributed by atoms with van der Waals surface area (Å²) in [6.07, 6.45) is 2.38. The van der Waals surface area contributed by atoms with Crippen LogP contribution in [-0.4, -0.2) is 5.78 Å². The van der Waals surface area contributed by atoms with E-state index >= 15 is 0 Å². The van der Waals surface area contributed by atoms with Crippen LogP contribution in [0.25, 0.3) is 0 Å². The van der Waals surface area contributed by atoms with Gasteiger partial charge in [0.05, 0.1) is 5.02 Å². The molecule has 0 atom stereocenters. The molecule has 1 nitrogen and oxygen atoms in total. The Morgan fingerprint density at radius 3 is 2.64 bits per heavy atom. The van der Waals surface area contributed by atoms with E-state index in [4.69, 9.17) is 11.6 Å². The number of halogens is 1. The van der Waals surface area contributed by atoms with Crippen LogP contribution in [0.3, 0.4) is 0 Å². The molecule has 14 heavy (non-hydrogen) atoms. The van der Waals surface area contributed by atoms with Crippen LogP contribution in [0.2, 0.25) is 5.02 Å². The van der Waals surface area contributed by atoms with Gasteiger partial charge in [-0.2, -0.15) is 0 Å². The number of carbonyl (C=O) groups is 1. The highest BCUT2D eigenvalue weighted by molar-refractivity contribution is 6.34. The van der Waals surface area contributed by atoms with Crippen molar-refractivity contribution in [1.82, 2.24) is 0 Å². The normalized spacial score (nSPS) is 10.2. The molecule has 0 aliphatic carbocycles. The molecule has 2 heteroatoms. The van der Waals surface area contributed by atoms with Crippen LogP contribution in [0, 0.1) is 0 Å². The van der Waals surface area contributed by atoms with Crippen LogP contribution < -0.4 is 0 Å². The second-order valence-electron chi connectivity index (χ2n) is 3.34. The lowest BCUT2D eigenvalue weighted by atomic mass is 10.0. The number of rotatable bonds is 4. The highest BCUT2D eigenvalue weighted by Gasteiger charge is 2.09. The summed E-state index contributed by atoms with van der Waals surface area (Å²) in [7, 11) is 0. The van der Waals surface area contributed by atoms with Gasteiger partial charge >= 0.3 is 0 Å². The fourth-order valence-electron chi connectivity index (χ4n) is 1.37. The quantitative estimate of drug-likeness (QED) is 0.690. The Balaban J connectivity index is 2.99. The Morgan fingerprint density at radius 1 is 1.36 bits per heavy atom. The molecular weight excluding hydrogens is 196 g/mol. The summed E-state index contributed by atoms with van der Waals surface area (Å²) in [6, 6.07) is 5.68. The van der Waals surface area contributed by atoms with E-state index in [1.165, 1.54) is 0 Å². The van der Waals surface area contributed by atoms with Crippen LogP contribution in [0.1, 0.15) is 42.6 Å². The average molecular weight is 211 g/mol. The number of benzene rings is 1. The molecule has 1 rings (SSSR count). The molecule has 0 spiro atoms. The Kier molecular flexibility index (Phi) is 4.15. The zero-order valence-corrected chi connectivity index (χ0v) is 9.40. The van der Waals surface area contributed by atoms with Gasteiger partial charge in [0.2, 0.25) is 0 Å². The molecule has 0 bridgehead atoms. The fraction of sp³-hybridized carbons (Fsp3) is 0.417. The molecule has 1 aromatic rings. The molecule has 0 N–H and O–H groups in total. The van der Waals surface area contributed by atoms with E-state index in [1.54, 1.807) is 0 Å².